The first-order valence-electron chi connectivity index (χ1n) is 8.98. The van der Waals surface area contributed by atoms with E-state index in [0.717, 1.165) is 30.9 Å². The molecule has 1 saturated heterocycles. The number of carbonyl (C=O) groups is 1. The van der Waals surface area contributed by atoms with Crippen molar-refractivity contribution in [3.05, 3.63) is 59.7 Å². The Bertz CT molecular complexity index is 786. The lowest BCUT2D eigenvalue weighted by Gasteiger charge is -2.29. The lowest BCUT2D eigenvalue weighted by Crippen LogP contribution is -2.37. The van der Waals surface area contributed by atoms with Gasteiger partial charge in [0.15, 0.2) is 0 Å². The van der Waals surface area contributed by atoms with Gasteiger partial charge in [-0.2, -0.15) is 13.2 Å². The standard InChI is InChI=1S/C20H22F3N3O2/c21-20(22,23)15-3-1-14(2-4-15)13-18(24)19(27)25-16-5-7-17(8-6-16)26-9-11-28-12-10-26/h1-8,18H,9-13,24H2,(H,25,27)/t18-/m0/s1. The van der Waals surface area contributed by atoms with Crippen LogP contribution in [0.25, 0.3) is 0 Å². The number of morpholine rings is 1. The molecule has 1 aliphatic heterocycles. The molecular weight excluding hydrogens is 371 g/mol. The van der Waals surface area contributed by atoms with E-state index < -0.39 is 17.8 Å². The summed E-state index contributed by atoms with van der Waals surface area (Å²) in [6, 6.07) is 11.2. The third-order valence-electron chi connectivity index (χ3n) is 4.58. The largest absolute Gasteiger partial charge is 0.416 e. The maximum atomic E-state index is 12.6. The highest BCUT2D eigenvalue weighted by Crippen LogP contribution is 2.29. The van der Waals surface area contributed by atoms with Gasteiger partial charge in [-0.1, -0.05) is 12.1 Å². The number of rotatable bonds is 5. The van der Waals surface area contributed by atoms with Crippen LogP contribution in [0.1, 0.15) is 11.1 Å². The number of halogens is 3. The molecule has 28 heavy (non-hydrogen) atoms. The molecule has 8 heteroatoms. The van der Waals surface area contributed by atoms with E-state index in [0.29, 0.717) is 24.5 Å². The van der Waals surface area contributed by atoms with Crippen LogP contribution in [0.5, 0.6) is 0 Å². The minimum absolute atomic E-state index is 0.149. The van der Waals surface area contributed by atoms with Crippen LogP contribution in [0.4, 0.5) is 24.5 Å². The zero-order valence-electron chi connectivity index (χ0n) is 15.2. The molecule has 1 aliphatic rings. The molecule has 0 radical (unpaired) electrons. The Morgan fingerprint density at radius 1 is 1.07 bits per heavy atom. The fraction of sp³-hybridized carbons (Fsp3) is 0.350. The first kappa shape index (κ1) is 20.2. The molecule has 3 N–H and O–H groups in total. The van der Waals surface area contributed by atoms with Crippen molar-refractivity contribution in [2.24, 2.45) is 5.73 Å². The summed E-state index contributed by atoms with van der Waals surface area (Å²) >= 11 is 0. The van der Waals surface area contributed by atoms with Crippen LogP contribution in [0.2, 0.25) is 0 Å². The van der Waals surface area contributed by atoms with Crippen LogP contribution in [0.3, 0.4) is 0 Å². The van der Waals surface area contributed by atoms with Crippen molar-refractivity contribution in [3.8, 4) is 0 Å². The lowest BCUT2D eigenvalue weighted by molar-refractivity contribution is -0.137. The van der Waals surface area contributed by atoms with E-state index in [1.807, 2.05) is 12.1 Å². The van der Waals surface area contributed by atoms with Crippen LogP contribution in [-0.4, -0.2) is 38.3 Å². The number of ether oxygens (including phenoxy) is 1. The molecule has 0 saturated carbocycles. The second kappa shape index (κ2) is 8.62. The van der Waals surface area contributed by atoms with Crippen LogP contribution in [-0.2, 0) is 22.1 Å². The van der Waals surface area contributed by atoms with E-state index in [4.69, 9.17) is 10.5 Å². The predicted octanol–water partition coefficient (Wildman–Crippen LogP) is 3.05. The summed E-state index contributed by atoms with van der Waals surface area (Å²) in [6.45, 7) is 3.03. The van der Waals surface area contributed by atoms with E-state index in [1.54, 1.807) is 12.1 Å². The lowest BCUT2D eigenvalue weighted by atomic mass is 10.0. The van der Waals surface area contributed by atoms with Crippen molar-refractivity contribution in [3.63, 3.8) is 0 Å². The highest BCUT2D eigenvalue weighted by molar-refractivity contribution is 5.95. The summed E-state index contributed by atoms with van der Waals surface area (Å²) < 4.78 is 43.1. The predicted molar refractivity (Wildman–Crippen MR) is 101 cm³/mol. The van der Waals surface area contributed by atoms with Gasteiger partial charge in [0.05, 0.1) is 24.8 Å². The van der Waals surface area contributed by atoms with Crippen LogP contribution >= 0.6 is 0 Å². The zero-order chi connectivity index (χ0) is 20.1. The minimum atomic E-state index is -4.38. The monoisotopic (exact) mass is 393 g/mol. The summed E-state index contributed by atoms with van der Waals surface area (Å²) in [5.41, 5.74) is 7.42. The Morgan fingerprint density at radius 3 is 2.25 bits per heavy atom. The van der Waals surface area contributed by atoms with Crippen molar-refractivity contribution >= 4 is 17.3 Å². The highest BCUT2D eigenvalue weighted by atomic mass is 19.4. The molecule has 1 heterocycles. The number of carbonyl (C=O) groups excluding carboxylic acids is 1. The van der Waals surface area contributed by atoms with Crippen LogP contribution in [0.15, 0.2) is 48.5 Å². The molecule has 1 amide bonds. The second-order valence-corrected chi connectivity index (χ2v) is 6.64. The number of nitrogens with one attached hydrogen (secondary N) is 1. The Kier molecular flexibility index (Phi) is 6.21. The van der Waals surface area contributed by atoms with Gasteiger partial charge in [-0.05, 0) is 48.4 Å². The number of benzene rings is 2. The number of nitrogens with zero attached hydrogens (tertiary/aromatic N) is 1. The topological polar surface area (TPSA) is 67.6 Å². The number of hydrogen-bond donors (Lipinski definition) is 2. The van der Waals surface area contributed by atoms with Crippen LogP contribution in [0, 0.1) is 0 Å². The van der Waals surface area contributed by atoms with Gasteiger partial charge < -0.3 is 20.7 Å². The first-order valence-corrected chi connectivity index (χ1v) is 8.98. The van der Waals surface area contributed by atoms with Gasteiger partial charge in [-0.25, -0.2) is 0 Å². The average Bonchev–Trinajstić information content (AvgIpc) is 2.69. The maximum absolute atomic E-state index is 12.6. The molecule has 3 rings (SSSR count). The van der Waals surface area contributed by atoms with E-state index in [-0.39, 0.29) is 12.3 Å². The molecular formula is C20H22F3N3O2. The van der Waals surface area contributed by atoms with Crippen molar-refractivity contribution in [1.29, 1.82) is 0 Å². The molecule has 0 aliphatic carbocycles. The Balaban J connectivity index is 1.55. The number of amides is 1. The number of hydrogen-bond acceptors (Lipinski definition) is 4. The maximum Gasteiger partial charge on any atom is 0.416 e. The van der Waals surface area contributed by atoms with Crippen molar-refractivity contribution in [2.45, 2.75) is 18.6 Å². The molecule has 0 spiro atoms. The van der Waals surface area contributed by atoms with Crippen molar-refractivity contribution in [2.75, 3.05) is 36.5 Å². The number of anilines is 2. The molecule has 1 atom stereocenters. The molecule has 2 aromatic carbocycles. The third kappa shape index (κ3) is 5.24. The van der Waals surface area contributed by atoms with Gasteiger partial charge in [-0.15, -0.1) is 0 Å². The number of alkyl halides is 3. The normalized spacial score (nSPS) is 15.9. The van der Waals surface area contributed by atoms with Gasteiger partial charge in [0.2, 0.25) is 5.91 Å². The Labute approximate surface area is 161 Å². The zero-order valence-corrected chi connectivity index (χ0v) is 15.2. The van der Waals surface area contributed by atoms with E-state index in [2.05, 4.69) is 10.2 Å². The Morgan fingerprint density at radius 2 is 1.68 bits per heavy atom. The Hall–Kier alpha value is -2.58. The van der Waals surface area contributed by atoms with Gasteiger partial charge in [-0.3, -0.25) is 4.79 Å². The summed E-state index contributed by atoms with van der Waals surface area (Å²) in [7, 11) is 0. The summed E-state index contributed by atoms with van der Waals surface area (Å²) in [4.78, 5) is 14.5. The second-order valence-electron chi connectivity index (χ2n) is 6.64. The fourth-order valence-corrected chi connectivity index (χ4v) is 2.99. The molecule has 2 aromatic rings. The van der Waals surface area contributed by atoms with E-state index in [1.165, 1.54) is 12.1 Å². The highest BCUT2D eigenvalue weighted by Gasteiger charge is 2.30. The smallest absolute Gasteiger partial charge is 0.378 e. The molecule has 0 bridgehead atoms. The SMILES string of the molecule is N[C@@H](Cc1ccc(C(F)(F)F)cc1)C(=O)Nc1ccc(N2CCOCC2)cc1. The molecule has 150 valence electrons. The van der Waals surface area contributed by atoms with E-state index >= 15 is 0 Å². The first-order chi connectivity index (χ1) is 13.3. The van der Waals surface area contributed by atoms with Gasteiger partial charge in [0.1, 0.15) is 0 Å². The molecule has 0 aromatic heterocycles. The summed E-state index contributed by atoms with van der Waals surface area (Å²) in [5.74, 6) is -0.390. The molecule has 5 nitrogen and oxygen atoms in total. The minimum Gasteiger partial charge on any atom is -0.378 e. The van der Waals surface area contributed by atoms with Gasteiger partial charge in [0.25, 0.3) is 0 Å². The van der Waals surface area contributed by atoms with Crippen LogP contribution < -0.4 is 16.0 Å². The van der Waals surface area contributed by atoms with Gasteiger partial charge in [0, 0.05) is 24.5 Å². The van der Waals surface area contributed by atoms with E-state index in [9.17, 15) is 18.0 Å². The molecule has 0 unspecified atom stereocenters. The van der Waals surface area contributed by atoms with Crippen molar-refractivity contribution in [1.82, 2.24) is 0 Å². The van der Waals surface area contributed by atoms with Gasteiger partial charge >= 0.3 is 6.18 Å². The fourth-order valence-electron chi connectivity index (χ4n) is 2.99. The number of nitrogens with two attached hydrogens (primary N) is 1. The molecule has 1 fully saturated rings. The summed E-state index contributed by atoms with van der Waals surface area (Å²) in [5, 5.41) is 2.74. The average molecular weight is 393 g/mol. The quantitative estimate of drug-likeness (QED) is 0.820. The van der Waals surface area contributed by atoms with Crippen molar-refractivity contribution < 1.29 is 22.7 Å². The third-order valence-corrected chi connectivity index (χ3v) is 4.58. The summed E-state index contributed by atoms with van der Waals surface area (Å²) in [6.07, 6.45) is -4.23.